The van der Waals surface area contributed by atoms with Crippen LogP contribution in [0.4, 0.5) is 8.78 Å². The van der Waals surface area contributed by atoms with Gasteiger partial charge in [0, 0.05) is 24.1 Å². The minimum Gasteiger partial charge on any atom is -0.314 e. The third-order valence-electron chi connectivity index (χ3n) is 4.13. The van der Waals surface area contributed by atoms with Crippen LogP contribution < -0.4 is 5.32 Å². The Labute approximate surface area is 114 Å². The molecule has 0 aliphatic heterocycles. The minimum absolute atomic E-state index is 0.106. The van der Waals surface area contributed by atoms with Crippen molar-refractivity contribution in [3.8, 4) is 0 Å². The van der Waals surface area contributed by atoms with Crippen LogP contribution in [0.2, 0.25) is 0 Å². The van der Waals surface area contributed by atoms with Crippen molar-refractivity contribution in [2.24, 2.45) is 0 Å². The van der Waals surface area contributed by atoms with Gasteiger partial charge in [-0.3, -0.25) is 0 Å². The molecule has 19 heavy (non-hydrogen) atoms. The second-order valence-corrected chi connectivity index (χ2v) is 6.03. The van der Waals surface area contributed by atoms with Crippen LogP contribution in [0.5, 0.6) is 0 Å². The molecule has 106 valence electrons. The zero-order valence-corrected chi connectivity index (χ0v) is 11.8. The van der Waals surface area contributed by atoms with Crippen LogP contribution in [0, 0.1) is 11.6 Å². The fraction of sp³-hybridized carbons (Fsp3) is 0.625. The van der Waals surface area contributed by atoms with E-state index in [1.807, 2.05) is 0 Å². The highest BCUT2D eigenvalue weighted by Crippen LogP contribution is 2.39. The zero-order valence-electron chi connectivity index (χ0n) is 11.8. The van der Waals surface area contributed by atoms with E-state index in [0.29, 0.717) is 6.04 Å². The van der Waals surface area contributed by atoms with E-state index in [0.717, 1.165) is 43.9 Å². The maximum absolute atomic E-state index is 13.5. The number of hydrogen-bond acceptors (Lipinski definition) is 1. The first-order valence-electron chi connectivity index (χ1n) is 7.22. The first-order valence-corrected chi connectivity index (χ1v) is 7.22. The SMILES string of the molecule is CC(C)NCC1(c2cc(F)cc(F)c2)CCCCC1. The molecule has 3 heteroatoms. The summed E-state index contributed by atoms with van der Waals surface area (Å²) >= 11 is 0. The highest BCUT2D eigenvalue weighted by atomic mass is 19.1. The monoisotopic (exact) mass is 267 g/mol. The van der Waals surface area contributed by atoms with Gasteiger partial charge in [0.25, 0.3) is 0 Å². The van der Waals surface area contributed by atoms with Crippen LogP contribution in [0.1, 0.15) is 51.5 Å². The molecule has 1 N–H and O–H groups in total. The van der Waals surface area contributed by atoms with Crippen LogP contribution in [0.3, 0.4) is 0 Å². The molecule has 0 amide bonds. The summed E-state index contributed by atoms with van der Waals surface area (Å²) in [6.45, 7) is 5.00. The summed E-state index contributed by atoms with van der Waals surface area (Å²) in [5.41, 5.74) is 0.712. The van der Waals surface area contributed by atoms with Crippen LogP contribution >= 0.6 is 0 Å². The van der Waals surface area contributed by atoms with E-state index in [9.17, 15) is 8.78 Å². The zero-order chi connectivity index (χ0) is 13.9. The lowest BCUT2D eigenvalue weighted by atomic mass is 9.69. The summed E-state index contributed by atoms with van der Waals surface area (Å²) in [6.07, 6.45) is 5.52. The molecular weight excluding hydrogens is 244 g/mol. The fourth-order valence-electron chi connectivity index (χ4n) is 3.06. The van der Waals surface area contributed by atoms with Gasteiger partial charge >= 0.3 is 0 Å². The maximum Gasteiger partial charge on any atom is 0.126 e. The average molecular weight is 267 g/mol. The van der Waals surface area contributed by atoms with Crippen LogP contribution in [-0.4, -0.2) is 12.6 Å². The second-order valence-electron chi connectivity index (χ2n) is 6.03. The van der Waals surface area contributed by atoms with Crippen molar-refractivity contribution in [2.45, 2.75) is 57.4 Å². The van der Waals surface area contributed by atoms with Crippen LogP contribution in [-0.2, 0) is 5.41 Å². The summed E-state index contributed by atoms with van der Waals surface area (Å²) in [4.78, 5) is 0. The Balaban J connectivity index is 2.30. The van der Waals surface area contributed by atoms with Crippen molar-refractivity contribution in [2.75, 3.05) is 6.54 Å². The first-order chi connectivity index (χ1) is 9.02. The quantitative estimate of drug-likeness (QED) is 0.863. The summed E-state index contributed by atoms with van der Waals surface area (Å²) in [6, 6.07) is 4.36. The van der Waals surface area contributed by atoms with Crippen molar-refractivity contribution >= 4 is 0 Å². The third kappa shape index (κ3) is 3.53. The molecule has 0 saturated heterocycles. The number of rotatable bonds is 4. The number of hydrogen-bond donors (Lipinski definition) is 1. The molecule has 0 radical (unpaired) electrons. The van der Waals surface area contributed by atoms with Gasteiger partial charge in [-0.05, 0) is 30.5 Å². The first kappa shape index (κ1) is 14.4. The predicted octanol–water partition coefficient (Wildman–Crippen LogP) is 4.16. The predicted molar refractivity (Wildman–Crippen MR) is 74.3 cm³/mol. The van der Waals surface area contributed by atoms with Crippen LogP contribution in [0.15, 0.2) is 18.2 Å². The number of nitrogens with one attached hydrogen (secondary N) is 1. The lowest BCUT2D eigenvalue weighted by molar-refractivity contribution is 0.272. The van der Waals surface area contributed by atoms with Crippen molar-refractivity contribution in [1.29, 1.82) is 0 Å². The molecular formula is C16H23F2N. The van der Waals surface area contributed by atoms with E-state index in [1.54, 1.807) is 0 Å². The Morgan fingerprint density at radius 2 is 1.63 bits per heavy atom. The molecule has 0 unspecified atom stereocenters. The molecule has 0 spiro atoms. The Bertz CT molecular complexity index is 403. The normalized spacial score (nSPS) is 18.8. The molecule has 1 nitrogen and oxygen atoms in total. The van der Waals surface area contributed by atoms with Crippen molar-refractivity contribution in [3.63, 3.8) is 0 Å². The topological polar surface area (TPSA) is 12.0 Å². The lowest BCUT2D eigenvalue weighted by Crippen LogP contribution is -2.42. The molecule has 0 bridgehead atoms. The Hall–Kier alpha value is -0.960. The minimum atomic E-state index is -0.468. The lowest BCUT2D eigenvalue weighted by Gasteiger charge is -2.39. The van der Waals surface area contributed by atoms with E-state index < -0.39 is 11.6 Å². The number of halogens is 2. The van der Waals surface area contributed by atoms with E-state index >= 15 is 0 Å². The van der Waals surface area contributed by atoms with Gasteiger partial charge in [0.05, 0.1) is 0 Å². The van der Waals surface area contributed by atoms with Crippen molar-refractivity contribution in [1.82, 2.24) is 5.32 Å². The Morgan fingerprint density at radius 3 is 2.16 bits per heavy atom. The second kappa shape index (κ2) is 6.00. The largest absolute Gasteiger partial charge is 0.314 e. The van der Waals surface area contributed by atoms with Crippen molar-refractivity contribution in [3.05, 3.63) is 35.4 Å². The standard InChI is InChI=1S/C16H23F2N/c1-12(2)19-11-16(6-4-3-5-7-16)13-8-14(17)10-15(18)9-13/h8-10,12,19H,3-7,11H2,1-2H3. The smallest absolute Gasteiger partial charge is 0.126 e. The fourth-order valence-corrected chi connectivity index (χ4v) is 3.06. The molecule has 0 heterocycles. The molecule has 1 aromatic rings. The summed E-state index contributed by atoms with van der Waals surface area (Å²) in [5.74, 6) is -0.936. The van der Waals surface area contributed by atoms with Gasteiger partial charge in [-0.1, -0.05) is 33.1 Å². The van der Waals surface area contributed by atoms with Gasteiger partial charge in [-0.2, -0.15) is 0 Å². The number of benzene rings is 1. The van der Waals surface area contributed by atoms with E-state index in [-0.39, 0.29) is 5.41 Å². The average Bonchev–Trinajstić information content (AvgIpc) is 2.36. The maximum atomic E-state index is 13.5. The molecule has 1 aromatic carbocycles. The summed E-state index contributed by atoms with van der Waals surface area (Å²) < 4.78 is 27.0. The van der Waals surface area contributed by atoms with Gasteiger partial charge in [0.2, 0.25) is 0 Å². The molecule has 2 rings (SSSR count). The van der Waals surface area contributed by atoms with Gasteiger partial charge in [-0.25, -0.2) is 8.78 Å². The highest BCUT2D eigenvalue weighted by Gasteiger charge is 2.34. The highest BCUT2D eigenvalue weighted by molar-refractivity contribution is 5.28. The van der Waals surface area contributed by atoms with Gasteiger partial charge in [0.15, 0.2) is 0 Å². The van der Waals surface area contributed by atoms with Crippen LogP contribution in [0.25, 0.3) is 0 Å². The molecule has 1 fully saturated rings. The summed E-state index contributed by atoms with van der Waals surface area (Å²) in [7, 11) is 0. The van der Waals surface area contributed by atoms with Crippen molar-refractivity contribution < 1.29 is 8.78 Å². The molecule has 0 aromatic heterocycles. The Kier molecular flexibility index (Phi) is 4.56. The van der Waals surface area contributed by atoms with Gasteiger partial charge in [0.1, 0.15) is 11.6 Å². The molecule has 1 aliphatic rings. The molecule has 1 saturated carbocycles. The molecule has 0 atom stereocenters. The van der Waals surface area contributed by atoms with E-state index in [2.05, 4.69) is 19.2 Å². The Morgan fingerprint density at radius 1 is 1.05 bits per heavy atom. The van der Waals surface area contributed by atoms with E-state index in [1.165, 1.54) is 18.6 Å². The van der Waals surface area contributed by atoms with Gasteiger partial charge in [-0.15, -0.1) is 0 Å². The third-order valence-corrected chi connectivity index (χ3v) is 4.13. The van der Waals surface area contributed by atoms with E-state index in [4.69, 9.17) is 0 Å². The van der Waals surface area contributed by atoms with Gasteiger partial charge < -0.3 is 5.32 Å². The summed E-state index contributed by atoms with van der Waals surface area (Å²) in [5, 5.41) is 3.45. The molecule has 1 aliphatic carbocycles.